The van der Waals surface area contributed by atoms with Crippen molar-refractivity contribution < 1.29 is 618 Å². The molecule has 0 aromatic heterocycles. The summed E-state index contributed by atoms with van der Waals surface area (Å²) >= 11 is 0. The minimum absolute atomic E-state index is 0. The van der Waals surface area contributed by atoms with Gasteiger partial charge in [0.2, 0.25) is 125 Å². The summed E-state index contributed by atoms with van der Waals surface area (Å²) in [6.07, 6.45) is -73.5. The molecular formula is C46H51N5Na12O60S12. The zero-order valence-electron chi connectivity index (χ0n) is 71.0. The average molecular weight is 2290 g/mol. The predicted octanol–water partition coefficient (Wildman–Crippen LogP) is -51.6. The molecule has 21 atom stereocenters. The van der Waals surface area contributed by atoms with Crippen molar-refractivity contribution >= 4 is 160 Å². The van der Waals surface area contributed by atoms with Crippen molar-refractivity contribution in [3.05, 3.63) is 71.8 Å². The molecule has 0 spiro atoms. The summed E-state index contributed by atoms with van der Waals surface area (Å²) in [6, 6.07) is 11.5. The molecule has 4 fully saturated rings. The number of carbonyl (C=O) groups excluding carboxylic acids is 6. The van der Waals surface area contributed by atoms with Crippen molar-refractivity contribution in [1.29, 1.82) is 0 Å². The fourth-order valence-electron chi connectivity index (χ4n) is 11.4. The van der Waals surface area contributed by atoms with E-state index in [1.54, 1.807) is 5.32 Å². The maximum atomic E-state index is 14.7. The summed E-state index contributed by atoms with van der Waals surface area (Å²) in [5, 5.41) is 7.69. The molecule has 4 aliphatic heterocycles. The molecule has 2 aromatic carbocycles. The maximum Gasteiger partial charge on any atom is 1.00 e. The quantitative estimate of drug-likeness (QED) is 0.0178. The van der Waals surface area contributed by atoms with Crippen molar-refractivity contribution in [3.8, 4) is 0 Å². The Kier molecular flexibility index (Phi) is 73.2. The molecule has 5 N–H and O–H groups in total. The zero-order valence-corrected chi connectivity index (χ0v) is 105. The van der Waals surface area contributed by atoms with Gasteiger partial charge in [0, 0.05) is 32.6 Å². The first-order valence-corrected chi connectivity index (χ1v) is 47.3. The zero-order chi connectivity index (χ0) is 93.3. The fraction of sp³-hybridized carbons (Fsp3) is 0.609. The van der Waals surface area contributed by atoms with E-state index in [-0.39, 0.29) is 366 Å². The van der Waals surface area contributed by atoms with E-state index < -0.39 is 328 Å². The summed E-state index contributed by atoms with van der Waals surface area (Å²) in [4.78, 5) is 83.8. The number of rotatable bonds is 42. The third kappa shape index (κ3) is 56.2. The van der Waals surface area contributed by atoms with Gasteiger partial charge in [-0.25, -0.2) is 111 Å². The smallest absolute Gasteiger partial charge is 0.726 e. The van der Waals surface area contributed by atoms with Crippen LogP contribution in [0.25, 0.3) is 0 Å². The molecule has 0 aliphatic carbocycles. The number of carbonyl (C=O) groups is 6. The van der Waals surface area contributed by atoms with Crippen LogP contribution < -0.4 is 381 Å². The average Bonchev–Trinajstić information content (AvgIpc) is 0.774. The normalized spacial score (nSPS) is 25.8. The van der Waals surface area contributed by atoms with Gasteiger partial charge < -0.3 is 110 Å². The Morgan fingerprint density at radius 3 is 0.689 bits per heavy atom. The molecule has 0 saturated carbocycles. The standard InChI is InChI=1S/C46H63N5O60S12.12Na/c1-94-45(56)20(12-18-8-4-2-5-9-18)51-44(55)40-36(111-123(91,92)93)32(107-119(79,80)81)27(102-114(64,65)66)23(99-40)15-49-42(53)38-34(109-121(85,86)87)30(105-117(73,74)75)25(100-112(58,59)60)21(97-38)13-47-41(52)37-33(108-120(82,83)84)29(104-116(70,71)72)26(101-113(61,62)63)22(96-37)14-48-43(54)39-35(110-122(88,89)90)31(106-118(76,77)78)28(103-115(67,68)69)24(98-39)16-50-46(57)95-17-19-10-6-3-7-11-19;;;;;;;;;;;;/h2-11,20-40H,12-17H2,1H3,(H,47,52)(H,48,54)(H,49,53)(H,50,57)(H,51,55)(H,58,59,60)(H,61,62,63)(H,64,65,66)(H,67,68,69)(H,70,71,72)(H,73,74,75)(H,76,77,78)(H,79,80,81)(H,82,83,84)(H,85,86,87)(H,88,89,90)(H,91,92,93);;;;;;;;;;;;/q;12*+1/p-12/t20?,21-,22-,23-,24-,25-,26-,27-,28-,29+,30+,31+,32+,33-,34-,35-,36-,37-,38-,39-,40-;;;;;;;;;;;;/m1............/s1. The van der Waals surface area contributed by atoms with Crippen molar-refractivity contribution in [2.45, 2.75) is 141 Å². The molecule has 704 valence electrons. The Labute approximate surface area is 1030 Å². The van der Waals surface area contributed by atoms with Crippen LogP contribution in [0.15, 0.2) is 60.7 Å². The summed E-state index contributed by atoms with van der Waals surface area (Å²) in [5.74, 6) is -11.2. The van der Waals surface area contributed by atoms with Gasteiger partial charge in [-0.3, -0.25) is 69.4 Å². The molecule has 2 aromatic rings. The third-order valence-electron chi connectivity index (χ3n) is 15.5. The molecule has 1 unspecified atom stereocenters. The first-order valence-electron chi connectivity index (χ1n) is 31.3. The SMILES string of the molecule is COC(=O)C(Cc1ccccc1)NC(=O)[C@@H]1O[C@H](CNC(=O)[C@@H]2O[C@H](CNC(=O)[C@@H]3O[C@H](CNC(=O)[C@@H]4O[C@H](CNC(=O)OCc5ccccc5)[C@@H](OS(=O)(=O)[O-])[C@H](OS(=O)(=O)[O-])[C@H]4OS(=O)(=O)[O-])[C@@H](OS(=O)(=O)[O-])[C@H](OS(=O)(=O)[O-])[C@H]3OS(=O)(=O)[O-])[C@@H](OS(=O)(=O)[O-])[C@H](OS(=O)(=O)[O-])[C@H]2OS(=O)(=O)[O-])[C@@H](OS(=O)(=O)[O-])[C@H](OS(=O)(=O)[O-])[C@H]1OS(=O)(=O)[O-].[Na+].[Na+].[Na+].[Na+].[Na+].[Na+].[Na+].[Na+].[Na+].[Na+].[Na+].[Na+]. The minimum atomic E-state index is -6.91. The first kappa shape index (κ1) is 153. The maximum absolute atomic E-state index is 14.7. The molecule has 0 radical (unpaired) electrons. The monoisotopic (exact) mass is 2290 g/mol. The molecule has 4 aliphatic rings. The van der Waals surface area contributed by atoms with Gasteiger partial charge in [0.25, 0.3) is 23.6 Å². The van der Waals surface area contributed by atoms with E-state index in [4.69, 9.17) is 23.7 Å². The van der Waals surface area contributed by atoms with Crippen molar-refractivity contribution in [3.63, 3.8) is 0 Å². The second kappa shape index (κ2) is 64.5. The number of methoxy groups -OCH3 is 1. The van der Waals surface area contributed by atoms with Crippen LogP contribution in [0.3, 0.4) is 0 Å². The molecule has 4 heterocycles. The molecule has 4 saturated heterocycles. The Morgan fingerprint density at radius 1 is 0.281 bits per heavy atom. The topological polar surface area (TPSA) is 1020 Å². The molecule has 89 heteroatoms. The van der Waals surface area contributed by atoms with E-state index in [2.05, 4.69) is 54.9 Å². The Hall–Kier alpha value is 5.34. The summed E-state index contributed by atoms with van der Waals surface area (Å²) < 4.78 is 523. The second-order valence-electron chi connectivity index (χ2n) is 24.0. The Balaban J connectivity index is -0.00000273. The van der Waals surface area contributed by atoms with Crippen LogP contribution in [-0.2, 0) is 240 Å². The van der Waals surface area contributed by atoms with E-state index in [0.717, 1.165) is 0 Å². The van der Waals surface area contributed by atoms with E-state index >= 15 is 0 Å². The summed E-state index contributed by atoms with van der Waals surface area (Å²) in [5.41, 5.74) is 0.311. The number of ether oxygens (including phenoxy) is 6. The van der Waals surface area contributed by atoms with E-state index in [1.165, 1.54) is 76.6 Å². The van der Waals surface area contributed by atoms with Crippen LogP contribution in [0.1, 0.15) is 11.1 Å². The first-order chi connectivity index (χ1) is 55.8. The van der Waals surface area contributed by atoms with Crippen LogP contribution in [0.4, 0.5) is 4.79 Å². The van der Waals surface area contributed by atoms with Gasteiger partial charge >= 0.3 is 367 Å². The predicted molar refractivity (Wildman–Crippen MR) is 347 cm³/mol. The van der Waals surface area contributed by atoms with Crippen molar-refractivity contribution in [2.24, 2.45) is 0 Å². The Morgan fingerprint density at radius 2 is 0.474 bits per heavy atom. The number of nitrogens with one attached hydrogen (secondary N) is 5. The number of alkyl carbamates (subject to hydrolysis) is 1. The minimum Gasteiger partial charge on any atom is -0.726 e. The van der Waals surface area contributed by atoms with Crippen molar-refractivity contribution in [2.75, 3.05) is 33.3 Å². The molecule has 6 rings (SSSR count). The van der Waals surface area contributed by atoms with Gasteiger partial charge in [0.15, 0.2) is 24.4 Å². The molecular weight excluding hydrogens is 2240 g/mol. The number of amides is 5. The number of hydrogen-bond acceptors (Lipinski definition) is 60. The van der Waals surface area contributed by atoms with E-state index in [0.29, 0.717) is 7.11 Å². The van der Waals surface area contributed by atoms with Gasteiger partial charge in [-0.2, -0.15) is 0 Å². The van der Waals surface area contributed by atoms with Crippen LogP contribution in [0.2, 0.25) is 0 Å². The van der Waals surface area contributed by atoms with Crippen LogP contribution in [0, 0.1) is 0 Å². The fourth-order valence-corrected chi connectivity index (χ4v) is 17.3. The van der Waals surface area contributed by atoms with Crippen molar-refractivity contribution in [1.82, 2.24) is 26.6 Å². The molecule has 0 bridgehead atoms. The van der Waals surface area contributed by atoms with Gasteiger partial charge in [-0.05, 0) is 11.1 Å². The summed E-state index contributed by atoms with van der Waals surface area (Å²) in [7, 11) is -80.2. The van der Waals surface area contributed by atoms with Crippen LogP contribution in [-0.4, -0.2) is 353 Å². The second-order valence-corrected chi connectivity index (χ2v) is 36.1. The molecule has 65 nitrogen and oxygen atoms in total. The van der Waals surface area contributed by atoms with E-state index in [1.807, 2.05) is 5.32 Å². The van der Waals surface area contributed by atoms with Gasteiger partial charge in [-0.15, -0.1) is 0 Å². The van der Waals surface area contributed by atoms with Crippen LogP contribution in [0.5, 0.6) is 0 Å². The van der Waals surface area contributed by atoms with Gasteiger partial charge in [-0.1, -0.05) is 60.7 Å². The van der Waals surface area contributed by atoms with E-state index in [9.17, 15) is 184 Å². The largest absolute Gasteiger partial charge is 1.00 e. The Bertz CT molecular complexity index is 5680. The van der Waals surface area contributed by atoms with Gasteiger partial charge in [0.05, 0.1) is 7.11 Å². The third-order valence-corrected chi connectivity index (χ3v) is 21.0. The van der Waals surface area contributed by atoms with Crippen LogP contribution >= 0.6 is 0 Å². The number of esters is 1. The number of benzene rings is 2. The molecule has 5 amide bonds. The molecule has 135 heavy (non-hydrogen) atoms. The summed E-state index contributed by atoms with van der Waals surface area (Å²) in [6.45, 7) is -8.79. The van der Waals surface area contributed by atoms with Gasteiger partial charge in [0.1, 0.15) is 110 Å². The number of hydrogen-bond donors (Lipinski definition) is 5.